The smallest absolute Gasteiger partial charge is 0.225 e. The first-order valence-electron chi connectivity index (χ1n) is 10.3. The van der Waals surface area contributed by atoms with Gasteiger partial charge in [-0.3, -0.25) is 14.5 Å². The number of aromatic nitrogens is 1. The molecule has 0 bridgehead atoms. The third kappa shape index (κ3) is 5.78. The van der Waals surface area contributed by atoms with Crippen molar-refractivity contribution in [3.63, 3.8) is 0 Å². The lowest BCUT2D eigenvalue weighted by Crippen LogP contribution is -2.46. The summed E-state index contributed by atoms with van der Waals surface area (Å²) in [5.41, 5.74) is 0.888. The summed E-state index contributed by atoms with van der Waals surface area (Å²) in [4.78, 5) is 29.0. The molecule has 156 valence electrons. The van der Waals surface area contributed by atoms with E-state index >= 15 is 0 Å². The lowest BCUT2D eigenvalue weighted by Gasteiger charge is -2.33. The van der Waals surface area contributed by atoms with Crippen LogP contribution in [0.5, 0.6) is 0 Å². The number of hydrogen-bond donors (Lipinski definition) is 1. The predicted octanol–water partition coefficient (Wildman–Crippen LogP) is 1.38. The molecule has 0 saturated carbocycles. The highest BCUT2D eigenvalue weighted by Crippen LogP contribution is 2.19. The first-order chi connectivity index (χ1) is 13.5. The molecule has 2 aliphatic rings. The van der Waals surface area contributed by atoms with Gasteiger partial charge in [-0.05, 0) is 18.8 Å². The van der Waals surface area contributed by atoms with Crippen LogP contribution < -0.4 is 5.32 Å². The average Bonchev–Trinajstić information content (AvgIpc) is 3.18. The van der Waals surface area contributed by atoms with Gasteiger partial charge in [-0.1, -0.05) is 19.0 Å². The van der Waals surface area contributed by atoms with Crippen molar-refractivity contribution in [3.05, 3.63) is 17.5 Å². The molecule has 28 heavy (non-hydrogen) atoms. The predicted molar refractivity (Wildman–Crippen MR) is 104 cm³/mol. The van der Waals surface area contributed by atoms with Crippen molar-refractivity contribution < 1.29 is 18.8 Å². The van der Waals surface area contributed by atoms with E-state index in [0.717, 1.165) is 45.0 Å². The zero-order valence-electron chi connectivity index (χ0n) is 17.0. The number of amides is 2. The zero-order chi connectivity index (χ0) is 19.9. The maximum absolute atomic E-state index is 12.6. The minimum atomic E-state index is -0.159. The molecule has 1 N–H and O–H groups in total. The average molecular weight is 393 g/mol. The molecule has 2 saturated heterocycles. The standard InChI is InChI=1S/C20H32N4O4/c1-15(2)18-12-17(28-22-18)13-21-20(26)16-4-5-19(25)24(14-16)7-3-6-23-8-10-27-11-9-23/h12,15-16H,3-11,13-14H2,1-2H3,(H,21,26). The van der Waals surface area contributed by atoms with Gasteiger partial charge in [0, 0.05) is 45.2 Å². The molecule has 3 rings (SSSR count). The number of ether oxygens (including phenoxy) is 1. The summed E-state index contributed by atoms with van der Waals surface area (Å²) in [5, 5.41) is 6.94. The van der Waals surface area contributed by atoms with Gasteiger partial charge in [0.25, 0.3) is 0 Å². The lowest BCUT2D eigenvalue weighted by atomic mass is 9.96. The number of rotatable bonds is 8. The van der Waals surface area contributed by atoms with Crippen molar-refractivity contribution in [3.8, 4) is 0 Å². The monoisotopic (exact) mass is 392 g/mol. The van der Waals surface area contributed by atoms with Crippen LogP contribution in [0.15, 0.2) is 10.6 Å². The number of piperidine rings is 1. The summed E-state index contributed by atoms with van der Waals surface area (Å²) in [5.74, 6) is 0.930. The van der Waals surface area contributed by atoms with Crippen LogP contribution in [0.25, 0.3) is 0 Å². The fourth-order valence-electron chi connectivity index (χ4n) is 3.66. The highest BCUT2D eigenvalue weighted by Gasteiger charge is 2.30. The van der Waals surface area contributed by atoms with Crippen molar-refractivity contribution in [2.24, 2.45) is 5.92 Å². The molecular formula is C20H32N4O4. The van der Waals surface area contributed by atoms with Crippen molar-refractivity contribution in [2.45, 2.75) is 45.6 Å². The second kappa shape index (κ2) is 10.0. The Kier molecular flexibility index (Phi) is 7.44. The highest BCUT2D eigenvalue weighted by atomic mass is 16.5. The third-order valence-electron chi connectivity index (χ3n) is 5.48. The highest BCUT2D eigenvalue weighted by molar-refractivity contribution is 5.83. The van der Waals surface area contributed by atoms with Crippen molar-refractivity contribution in [1.82, 2.24) is 20.3 Å². The van der Waals surface area contributed by atoms with E-state index in [1.807, 2.05) is 24.8 Å². The first-order valence-corrected chi connectivity index (χ1v) is 10.3. The number of carbonyl (C=O) groups excluding carboxylic acids is 2. The van der Waals surface area contributed by atoms with E-state index in [0.29, 0.717) is 44.2 Å². The minimum Gasteiger partial charge on any atom is -0.379 e. The van der Waals surface area contributed by atoms with Gasteiger partial charge in [0.15, 0.2) is 5.76 Å². The zero-order valence-corrected chi connectivity index (χ0v) is 17.0. The number of nitrogens with one attached hydrogen (secondary N) is 1. The Morgan fingerprint density at radius 3 is 2.82 bits per heavy atom. The van der Waals surface area contributed by atoms with Crippen LogP contribution >= 0.6 is 0 Å². The van der Waals surface area contributed by atoms with Crippen LogP contribution in [0, 0.1) is 5.92 Å². The molecule has 0 aliphatic carbocycles. The molecule has 0 spiro atoms. The van der Waals surface area contributed by atoms with Gasteiger partial charge in [-0.15, -0.1) is 0 Å². The Morgan fingerprint density at radius 1 is 1.32 bits per heavy atom. The SMILES string of the molecule is CC(C)c1cc(CNC(=O)C2CCC(=O)N(CCCN3CCOCC3)C2)on1. The van der Waals surface area contributed by atoms with Gasteiger partial charge in [-0.2, -0.15) is 0 Å². The fourth-order valence-corrected chi connectivity index (χ4v) is 3.66. The molecule has 2 aliphatic heterocycles. The van der Waals surface area contributed by atoms with Crippen molar-refractivity contribution >= 4 is 11.8 Å². The molecule has 8 nitrogen and oxygen atoms in total. The summed E-state index contributed by atoms with van der Waals surface area (Å²) in [6.45, 7) is 10.1. The van der Waals surface area contributed by atoms with Gasteiger partial charge in [0.1, 0.15) is 0 Å². The summed E-state index contributed by atoms with van der Waals surface area (Å²) >= 11 is 0. The largest absolute Gasteiger partial charge is 0.379 e. The van der Waals surface area contributed by atoms with Gasteiger partial charge in [0.05, 0.1) is 31.4 Å². The molecule has 0 radical (unpaired) electrons. The van der Waals surface area contributed by atoms with Crippen LogP contribution in [0.3, 0.4) is 0 Å². The molecule has 1 unspecified atom stereocenters. The number of carbonyl (C=O) groups is 2. The summed E-state index contributed by atoms with van der Waals surface area (Å²) in [6.07, 6.45) is 1.98. The quantitative estimate of drug-likeness (QED) is 0.719. The Balaban J connectivity index is 1.41. The maximum atomic E-state index is 12.6. The minimum absolute atomic E-state index is 0.0202. The molecule has 1 aromatic rings. The van der Waals surface area contributed by atoms with E-state index < -0.39 is 0 Å². The fraction of sp³-hybridized carbons (Fsp3) is 0.750. The summed E-state index contributed by atoms with van der Waals surface area (Å²) in [6, 6.07) is 1.88. The summed E-state index contributed by atoms with van der Waals surface area (Å²) in [7, 11) is 0. The first kappa shape index (κ1) is 20.8. The Morgan fingerprint density at radius 2 is 2.11 bits per heavy atom. The molecule has 8 heteroatoms. The second-order valence-electron chi connectivity index (χ2n) is 7.97. The Hall–Kier alpha value is -1.93. The topological polar surface area (TPSA) is 87.9 Å². The number of likely N-dealkylation sites (tertiary alicyclic amines) is 1. The molecule has 3 heterocycles. The second-order valence-corrected chi connectivity index (χ2v) is 7.97. The van der Waals surface area contributed by atoms with Crippen molar-refractivity contribution in [1.29, 1.82) is 0 Å². The van der Waals surface area contributed by atoms with E-state index in [4.69, 9.17) is 9.26 Å². The molecule has 2 fully saturated rings. The maximum Gasteiger partial charge on any atom is 0.225 e. The van der Waals surface area contributed by atoms with Gasteiger partial charge >= 0.3 is 0 Å². The van der Waals surface area contributed by atoms with Gasteiger partial charge in [0.2, 0.25) is 11.8 Å². The van der Waals surface area contributed by atoms with Gasteiger partial charge in [-0.25, -0.2) is 0 Å². The Labute approximate surface area is 166 Å². The summed E-state index contributed by atoms with van der Waals surface area (Å²) < 4.78 is 10.6. The third-order valence-corrected chi connectivity index (χ3v) is 5.48. The van der Waals surface area contributed by atoms with Crippen LogP contribution in [-0.2, 0) is 20.9 Å². The molecule has 2 amide bonds. The van der Waals surface area contributed by atoms with Crippen LogP contribution in [0.4, 0.5) is 0 Å². The van der Waals surface area contributed by atoms with Crippen LogP contribution in [-0.4, -0.2) is 72.7 Å². The number of hydrogen-bond acceptors (Lipinski definition) is 6. The number of morpholine rings is 1. The van der Waals surface area contributed by atoms with Crippen LogP contribution in [0.1, 0.15) is 50.5 Å². The number of nitrogens with zero attached hydrogens (tertiary/aromatic N) is 3. The van der Waals surface area contributed by atoms with E-state index in [9.17, 15) is 9.59 Å². The Bertz CT molecular complexity index is 654. The van der Waals surface area contributed by atoms with E-state index in [1.54, 1.807) is 0 Å². The van der Waals surface area contributed by atoms with Crippen LogP contribution in [0.2, 0.25) is 0 Å². The molecule has 1 aromatic heterocycles. The normalized spacial score (nSPS) is 21.3. The lowest BCUT2D eigenvalue weighted by molar-refractivity contribution is -0.138. The van der Waals surface area contributed by atoms with E-state index in [2.05, 4.69) is 15.4 Å². The molecular weight excluding hydrogens is 360 g/mol. The molecule has 0 aromatic carbocycles. The van der Waals surface area contributed by atoms with E-state index in [-0.39, 0.29) is 17.7 Å². The molecule has 1 atom stereocenters. The van der Waals surface area contributed by atoms with Gasteiger partial charge < -0.3 is 19.5 Å². The van der Waals surface area contributed by atoms with E-state index in [1.165, 1.54) is 0 Å². The van der Waals surface area contributed by atoms with Crippen molar-refractivity contribution in [2.75, 3.05) is 45.9 Å².